The van der Waals surface area contributed by atoms with Crippen LogP contribution < -0.4 is 9.47 Å². The maximum absolute atomic E-state index is 12.6. The number of carbonyl (C=O) groups is 1. The van der Waals surface area contributed by atoms with Crippen molar-refractivity contribution in [3.63, 3.8) is 0 Å². The fourth-order valence-corrected chi connectivity index (χ4v) is 3.21. The Kier molecular flexibility index (Phi) is 4.68. The van der Waals surface area contributed by atoms with Gasteiger partial charge in [0.1, 0.15) is 12.4 Å². The number of rotatable bonds is 6. The zero-order valence-electron chi connectivity index (χ0n) is 15.3. The summed E-state index contributed by atoms with van der Waals surface area (Å²) in [5.74, 6) is 2.15. The zero-order chi connectivity index (χ0) is 18.8. The lowest BCUT2D eigenvalue weighted by Crippen LogP contribution is -2.33. The number of carbonyl (C=O) groups excluding carboxylic acids is 1. The summed E-state index contributed by atoms with van der Waals surface area (Å²) in [7, 11) is 3.48. The number of benzene rings is 2. The van der Waals surface area contributed by atoms with Crippen molar-refractivity contribution < 1.29 is 19.0 Å². The minimum absolute atomic E-state index is 0.0223. The van der Waals surface area contributed by atoms with E-state index in [-0.39, 0.29) is 19.3 Å². The van der Waals surface area contributed by atoms with Gasteiger partial charge in [-0.1, -0.05) is 18.2 Å². The number of fused-ring (bicyclic) bond motifs is 2. The van der Waals surface area contributed by atoms with Crippen molar-refractivity contribution in [2.24, 2.45) is 7.05 Å². The van der Waals surface area contributed by atoms with Crippen LogP contribution in [0.2, 0.25) is 0 Å². The molecule has 0 unspecified atom stereocenters. The van der Waals surface area contributed by atoms with Crippen molar-refractivity contribution in [2.45, 2.75) is 13.1 Å². The fourth-order valence-electron chi connectivity index (χ4n) is 3.21. The van der Waals surface area contributed by atoms with Crippen LogP contribution in [0.3, 0.4) is 0 Å². The molecular formula is C20H21N3O4. The molecule has 0 saturated carbocycles. The average Bonchev–Trinajstić information content (AvgIpc) is 3.26. The molecule has 7 nitrogen and oxygen atoms in total. The second kappa shape index (κ2) is 7.28. The van der Waals surface area contributed by atoms with Crippen molar-refractivity contribution in [2.75, 3.05) is 20.5 Å². The predicted octanol–water partition coefficient (Wildman–Crippen LogP) is 2.48. The summed E-state index contributed by atoms with van der Waals surface area (Å²) in [6.07, 6.45) is 0. The molecule has 1 aliphatic rings. The van der Waals surface area contributed by atoms with E-state index in [4.69, 9.17) is 14.2 Å². The monoisotopic (exact) mass is 367 g/mol. The second-order valence-electron chi connectivity index (χ2n) is 6.45. The summed E-state index contributed by atoms with van der Waals surface area (Å²) >= 11 is 0. The number of hydrogen-bond acceptors (Lipinski definition) is 5. The lowest BCUT2D eigenvalue weighted by molar-refractivity contribution is -0.136. The van der Waals surface area contributed by atoms with Crippen LogP contribution in [-0.4, -0.2) is 40.9 Å². The SMILES string of the molecule is COCC(=O)N(Cc1ccc2c(c1)OCO2)Cc1nc2ccccc2n1C. The van der Waals surface area contributed by atoms with Gasteiger partial charge in [-0.05, 0) is 29.8 Å². The molecule has 1 aliphatic heterocycles. The Labute approximate surface area is 157 Å². The third-order valence-electron chi connectivity index (χ3n) is 4.64. The number of aromatic nitrogens is 2. The highest BCUT2D eigenvalue weighted by atomic mass is 16.7. The Balaban J connectivity index is 1.60. The van der Waals surface area contributed by atoms with Crippen LogP contribution in [0, 0.1) is 0 Å². The highest BCUT2D eigenvalue weighted by Gasteiger charge is 2.20. The molecule has 1 amide bonds. The molecule has 7 heteroatoms. The van der Waals surface area contributed by atoms with Crippen LogP contribution >= 0.6 is 0 Å². The zero-order valence-corrected chi connectivity index (χ0v) is 15.3. The maximum Gasteiger partial charge on any atom is 0.249 e. The van der Waals surface area contributed by atoms with E-state index in [1.165, 1.54) is 7.11 Å². The summed E-state index contributed by atoms with van der Waals surface area (Å²) < 4.78 is 17.9. The Bertz CT molecular complexity index is 983. The van der Waals surface area contributed by atoms with E-state index in [0.29, 0.717) is 18.8 Å². The summed E-state index contributed by atoms with van der Waals surface area (Å²) in [4.78, 5) is 19.0. The van der Waals surface area contributed by atoms with Crippen LogP contribution in [0.1, 0.15) is 11.4 Å². The molecule has 1 aromatic heterocycles. The van der Waals surface area contributed by atoms with Crippen molar-refractivity contribution in [1.29, 1.82) is 0 Å². The van der Waals surface area contributed by atoms with Gasteiger partial charge in [-0.3, -0.25) is 4.79 Å². The minimum Gasteiger partial charge on any atom is -0.454 e. The second-order valence-corrected chi connectivity index (χ2v) is 6.45. The van der Waals surface area contributed by atoms with Gasteiger partial charge in [0, 0.05) is 20.7 Å². The lowest BCUT2D eigenvalue weighted by atomic mass is 10.2. The van der Waals surface area contributed by atoms with E-state index in [0.717, 1.165) is 28.2 Å². The number of ether oxygens (including phenoxy) is 3. The number of para-hydroxylation sites is 2. The highest BCUT2D eigenvalue weighted by molar-refractivity contribution is 5.78. The summed E-state index contributed by atoms with van der Waals surface area (Å²) in [5.41, 5.74) is 2.91. The molecule has 0 radical (unpaired) electrons. The van der Waals surface area contributed by atoms with E-state index >= 15 is 0 Å². The van der Waals surface area contributed by atoms with Gasteiger partial charge in [0.25, 0.3) is 0 Å². The first-order chi connectivity index (χ1) is 13.2. The number of hydrogen-bond donors (Lipinski definition) is 0. The van der Waals surface area contributed by atoms with E-state index in [2.05, 4.69) is 4.98 Å². The third-order valence-corrected chi connectivity index (χ3v) is 4.64. The topological polar surface area (TPSA) is 65.8 Å². The number of methoxy groups -OCH3 is 1. The van der Waals surface area contributed by atoms with Crippen LogP contribution in [0.25, 0.3) is 11.0 Å². The first-order valence-corrected chi connectivity index (χ1v) is 8.71. The molecule has 140 valence electrons. The number of nitrogens with zero attached hydrogens (tertiary/aromatic N) is 3. The number of aryl methyl sites for hydroxylation is 1. The minimum atomic E-state index is -0.0952. The molecule has 3 aromatic rings. The first kappa shape index (κ1) is 17.4. The van der Waals surface area contributed by atoms with Crippen LogP contribution in [0.15, 0.2) is 42.5 Å². The molecule has 4 rings (SSSR count). The van der Waals surface area contributed by atoms with Crippen molar-refractivity contribution in [1.82, 2.24) is 14.5 Å². The van der Waals surface area contributed by atoms with Gasteiger partial charge in [-0.2, -0.15) is 0 Å². The predicted molar refractivity (Wildman–Crippen MR) is 99.4 cm³/mol. The standard InChI is InChI=1S/C20H21N3O4/c1-22-16-6-4-3-5-15(16)21-19(22)11-23(20(24)12-25-2)10-14-7-8-17-18(9-14)27-13-26-17/h3-9H,10-13H2,1-2H3. The molecule has 2 heterocycles. The molecular weight excluding hydrogens is 346 g/mol. The van der Waals surface area contributed by atoms with Gasteiger partial charge < -0.3 is 23.7 Å². The largest absolute Gasteiger partial charge is 0.454 e. The maximum atomic E-state index is 12.6. The smallest absolute Gasteiger partial charge is 0.249 e. The Morgan fingerprint density at radius 2 is 2.00 bits per heavy atom. The van der Waals surface area contributed by atoms with Gasteiger partial charge in [0.15, 0.2) is 11.5 Å². The Morgan fingerprint density at radius 1 is 1.19 bits per heavy atom. The van der Waals surface area contributed by atoms with Crippen molar-refractivity contribution >= 4 is 16.9 Å². The molecule has 0 spiro atoms. The molecule has 0 bridgehead atoms. The molecule has 0 fully saturated rings. The molecule has 0 saturated heterocycles. The number of amides is 1. The van der Waals surface area contributed by atoms with E-state index < -0.39 is 0 Å². The molecule has 0 atom stereocenters. The summed E-state index contributed by atoms with van der Waals surface area (Å²) in [5, 5.41) is 0. The third kappa shape index (κ3) is 3.46. The Morgan fingerprint density at radius 3 is 2.81 bits per heavy atom. The van der Waals surface area contributed by atoms with E-state index in [1.54, 1.807) is 4.90 Å². The van der Waals surface area contributed by atoms with Crippen LogP contribution in [0.5, 0.6) is 11.5 Å². The number of imidazole rings is 1. The van der Waals surface area contributed by atoms with Gasteiger partial charge in [-0.25, -0.2) is 4.98 Å². The molecule has 2 aromatic carbocycles. The van der Waals surface area contributed by atoms with Crippen LogP contribution in [-0.2, 0) is 29.7 Å². The van der Waals surface area contributed by atoms with Crippen LogP contribution in [0.4, 0.5) is 0 Å². The lowest BCUT2D eigenvalue weighted by Gasteiger charge is -2.22. The van der Waals surface area contributed by atoms with E-state index in [1.807, 2.05) is 54.1 Å². The van der Waals surface area contributed by atoms with Crippen molar-refractivity contribution in [3.05, 3.63) is 53.9 Å². The molecule has 0 aliphatic carbocycles. The van der Waals surface area contributed by atoms with Gasteiger partial charge in [0.2, 0.25) is 12.7 Å². The van der Waals surface area contributed by atoms with Gasteiger partial charge in [0.05, 0.1) is 17.6 Å². The first-order valence-electron chi connectivity index (χ1n) is 8.71. The Hall–Kier alpha value is -3.06. The normalized spacial score (nSPS) is 12.5. The molecule has 0 N–H and O–H groups in total. The average molecular weight is 367 g/mol. The molecule has 27 heavy (non-hydrogen) atoms. The van der Waals surface area contributed by atoms with Crippen molar-refractivity contribution in [3.8, 4) is 11.5 Å². The fraction of sp³-hybridized carbons (Fsp3) is 0.300. The summed E-state index contributed by atoms with van der Waals surface area (Å²) in [6, 6.07) is 13.6. The van der Waals surface area contributed by atoms with Gasteiger partial charge in [-0.15, -0.1) is 0 Å². The van der Waals surface area contributed by atoms with E-state index in [9.17, 15) is 4.79 Å². The quantitative estimate of drug-likeness (QED) is 0.670. The van der Waals surface area contributed by atoms with Gasteiger partial charge >= 0.3 is 0 Å². The highest BCUT2D eigenvalue weighted by Crippen LogP contribution is 2.33. The summed E-state index contributed by atoms with van der Waals surface area (Å²) in [6.45, 7) is 1.07.